The molecule has 0 bridgehead atoms. The van der Waals surface area contributed by atoms with Crippen molar-refractivity contribution in [2.24, 2.45) is 11.3 Å². The number of nitrogens with one attached hydrogen (secondary N) is 2. The van der Waals surface area contributed by atoms with Crippen molar-refractivity contribution in [3.8, 4) is 5.75 Å². The van der Waals surface area contributed by atoms with Crippen molar-refractivity contribution in [1.82, 2.24) is 30.1 Å². The number of piperidine rings is 2. The molecule has 6 aliphatic rings. The van der Waals surface area contributed by atoms with E-state index >= 15 is 0 Å². The van der Waals surface area contributed by atoms with Gasteiger partial charge in [0.25, 0.3) is 15.9 Å². The summed E-state index contributed by atoms with van der Waals surface area (Å²) in [6.07, 6.45) is 8.26. The minimum atomic E-state index is -3.99. The summed E-state index contributed by atoms with van der Waals surface area (Å²) in [6.45, 7) is 8.29. The molecule has 4 saturated heterocycles. The Kier molecular flexibility index (Phi) is 9.11. The van der Waals surface area contributed by atoms with Gasteiger partial charge in [0.15, 0.2) is 11.4 Å². The Morgan fingerprint density at radius 3 is 2.61 bits per heavy atom. The van der Waals surface area contributed by atoms with Crippen LogP contribution in [0.3, 0.4) is 0 Å². The number of ether oxygens (including phenoxy) is 1. The predicted octanol–water partition coefficient (Wildman–Crippen LogP) is 4.00. The molecule has 11 rings (SSSR count). The maximum atomic E-state index is 13.8. The summed E-state index contributed by atoms with van der Waals surface area (Å²) in [4.78, 5) is 46.4. The number of imide groups is 1. The fourth-order valence-corrected chi connectivity index (χ4v) is 11.5. The van der Waals surface area contributed by atoms with Crippen LogP contribution in [0.2, 0.25) is 0 Å². The number of hydrogen-bond acceptors (Lipinski definition) is 12. The van der Waals surface area contributed by atoms with Gasteiger partial charge in [-0.2, -0.15) is 5.10 Å². The number of anilines is 3. The summed E-state index contributed by atoms with van der Waals surface area (Å²) < 4.78 is 43.8. The van der Waals surface area contributed by atoms with E-state index in [9.17, 15) is 22.8 Å². The van der Waals surface area contributed by atoms with E-state index in [0.717, 1.165) is 93.1 Å². The van der Waals surface area contributed by atoms with E-state index in [1.165, 1.54) is 0 Å². The summed E-state index contributed by atoms with van der Waals surface area (Å²) in [6, 6.07) is 16.3. The van der Waals surface area contributed by atoms with Crippen LogP contribution < -0.4 is 24.6 Å². The lowest BCUT2D eigenvalue weighted by Gasteiger charge is -2.55. The molecule has 2 aromatic heterocycles. The highest BCUT2D eigenvalue weighted by Gasteiger charge is 2.46. The summed E-state index contributed by atoms with van der Waals surface area (Å²) in [7, 11) is -3.99. The first-order valence-electron chi connectivity index (χ1n) is 21.3. The third-order valence-corrected chi connectivity index (χ3v) is 15.1. The second-order valence-corrected chi connectivity index (χ2v) is 19.3. The first-order chi connectivity index (χ1) is 29.6. The van der Waals surface area contributed by atoms with Crippen LogP contribution in [0, 0.1) is 11.3 Å². The fourth-order valence-electron chi connectivity index (χ4n) is 10.5. The molecule has 3 aromatic carbocycles. The van der Waals surface area contributed by atoms with E-state index in [-0.39, 0.29) is 40.3 Å². The van der Waals surface area contributed by atoms with Gasteiger partial charge in [-0.3, -0.25) is 29.1 Å². The minimum Gasteiger partial charge on any atom is -0.492 e. The lowest BCUT2D eigenvalue weighted by Crippen LogP contribution is -2.60. The molecular weight excluding hydrogens is 799 g/mol. The van der Waals surface area contributed by atoms with E-state index in [2.05, 4.69) is 41.1 Å². The van der Waals surface area contributed by atoms with Crippen LogP contribution in [-0.2, 0) is 39.1 Å². The predicted molar refractivity (Wildman–Crippen MR) is 225 cm³/mol. The third kappa shape index (κ3) is 6.87. The average molecular weight is 846 g/mol. The number of rotatable bonds is 10. The number of hydrogen-bond donors (Lipinski definition) is 2. The Bertz CT molecular complexity index is 2680. The number of benzene rings is 3. The zero-order chi connectivity index (χ0) is 41.5. The second-order valence-electron chi connectivity index (χ2n) is 17.7. The normalized spacial score (nSPS) is 22.4. The molecule has 61 heavy (non-hydrogen) atoms. The molecule has 2 atom stereocenters. The van der Waals surface area contributed by atoms with Gasteiger partial charge >= 0.3 is 0 Å². The van der Waals surface area contributed by atoms with E-state index in [0.29, 0.717) is 60.7 Å². The van der Waals surface area contributed by atoms with Gasteiger partial charge in [-0.1, -0.05) is 11.2 Å². The van der Waals surface area contributed by atoms with Crippen LogP contribution in [0.25, 0.3) is 11.0 Å². The molecule has 17 heteroatoms. The Morgan fingerprint density at radius 1 is 0.934 bits per heavy atom. The summed E-state index contributed by atoms with van der Waals surface area (Å²) in [5.41, 5.74) is 6.26. The number of aromatic nitrogens is 3. The van der Waals surface area contributed by atoms with Crippen LogP contribution in [-0.4, -0.2) is 109 Å². The SMILES string of the molecule is O=C1CC[C@H](N2Cc3cc(N4CC[C@@H](CN5CCC6(CC5)CN(c5cccc(S(=O)(=O)Nc7noc8cc(Cn9cccn9)c9c(c78)OCC9)c5)C6)C4)ccc3C2=O)C(=O)N1. The molecule has 316 valence electrons. The fraction of sp³-hybridized carbons (Fsp3) is 0.432. The van der Waals surface area contributed by atoms with E-state index in [1.807, 2.05) is 41.2 Å². The Hall–Kier alpha value is -5.94. The monoisotopic (exact) mass is 845 g/mol. The molecule has 8 heterocycles. The average Bonchev–Trinajstić information content (AvgIpc) is 4.10. The number of sulfonamides is 1. The summed E-state index contributed by atoms with van der Waals surface area (Å²) in [5, 5.41) is 11.4. The molecular formula is C44H47N9O7S. The molecule has 6 aliphatic heterocycles. The summed E-state index contributed by atoms with van der Waals surface area (Å²) in [5.74, 6) is 0.454. The smallest absolute Gasteiger partial charge is 0.263 e. The number of likely N-dealkylation sites (tertiary alicyclic amines) is 1. The maximum absolute atomic E-state index is 13.8. The first kappa shape index (κ1) is 38.0. The number of nitrogens with zero attached hydrogens (tertiary/aromatic N) is 7. The molecule has 0 aliphatic carbocycles. The quantitative estimate of drug-likeness (QED) is 0.194. The van der Waals surface area contributed by atoms with Crippen LogP contribution in [0.15, 0.2) is 76.4 Å². The van der Waals surface area contributed by atoms with Crippen molar-refractivity contribution in [2.45, 2.75) is 62.6 Å². The van der Waals surface area contributed by atoms with Crippen LogP contribution in [0.1, 0.15) is 59.2 Å². The van der Waals surface area contributed by atoms with Gasteiger partial charge in [-0.05, 0) is 104 Å². The van der Waals surface area contributed by atoms with Crippen LogP contribution in [0.5, 0.6) is 5.75 Å². The first-order valence-corrected chi connectivity index (χ1v) is 22.7. The molecule has 2 N–H and O–H groups in total. The lowest BCUT2D eigenvalue weighted by atomic mass is 9.71. The van der Waals surface area contributed by atoms with Gasteiger partial charge in [-0.25, -0.2) is 8.42 Å². The van der Waals surface area contributed by atoms with Gasteiger partial charge in [0.05, 0.1) is 18.0 Å². The lowest BCUT2D eigenvalue weighted by molar-refractivity contribution is -0.136. The van der Waals surface area contributed by atoms with Crippen molar-refractivity contribution in [3.05, 3.63) is 89.2 Å². The topological polar surface area (TPSA) is 175 Å². The van der Waals surface area contributed by atoms with Crippen molar-refractivity contribution in [1.29, 1.82) is 0 Å². The van der Waals surface area contributed by atoms with E-state index in [1.54, 1.807) is 29.3 Å². The Morgan fingerprint density at radius 2 is 1.79 bits per heavy atom. The molecule has 0 radical (unpaired) electrons. The number of carbonyl (C=O) groups excluding carboxylic acids is 3. The molecule has 0 unspecified atom stereocenters. The number of amides is 3. The highest BCUT2D eigenvalue weighted by molar-refractivity contribution is 7.92. The van der Waals surface area contributed by atoms with Crippen LogP contribution in [0.4, 0.5) is 17.2 Å². The Labute approximate surface area is 352 Å². The number of carbonyl (C=O) groups is 3. The second kappa shape index (κ2) is 14.6. The molecule has 5 aromatic rings. The molecule has 1 spiro atoms. The molecule has 16 nitrogen and oxygen atoms in total. The standard InChI is InChI=1S/C44H47N9O7S/c54-38-8-7-36(42(55)46-38)53-25-29-19-32(5-6-35(29)43(53)56)50-15-9-28(23-50)22-49-16-11-44(12-17-49)26-51(27-44)31-3-1-4-33(21-31)61(57,58)48-41-39-37(60-47-41)20-30(24-52-14-2-13-45-52)34-10-18-59-40(34)39/h1-6,13-14,19-21,28,36H,7-12,15-18,22-27H2,(H,47,48)(H,46,54,55)/t28-,36-/m0/s1. The molecule has 3 amide bonds. The largest absolute Gasteiger partial charge is 0.492 e. The molecule has 0 saturated carbocycles. The van der Waals surface area contributed by atoms with E-state index < -0.39 is 16.1 Å². The third-order valence-electron chi connectivity index (χ3n) is 13.8. The van der Waals surface area contributed by atoms with Crippen molar-refractivity contribution in [3.63, 3.8) is 0 Å². The van der Waals surface area contributed by atoms with Gasteiger partial charge in [0.1, 0.15) is 17.2 Å². The van der Waals surface area contributed by atoms with E-state index in [4.69, 9.17) is 9.26 Å². The summed E-state index contributed by atoms with van der Waals surface area (Å²) >= 11 is 0. The zero-order valence-corrected chi connectivity index (χ0v) is 34.5. The van der Waals surface area contributed by atoms with Gasteiger partial charge in [-0.15, -0.1) is 0 Å². The van der Waals surface area contributed by atoms with Gasteiger partial charge in [0, 0.05) is 92.4 Å². The highest BCUT2D eigenvalue weighted by atomic mass is 32.2. The van der Waals surface area contributed by atoms with Crippen molar-refractivity contribution < 1.29 is 32.1 Å². The Balaban J connectivity index is 0.682. The van der Waals surface area contributed by atoms with Crippen molar-refractivity contribution >= 4 is 55.9 Å². The zero-order valence-electron chi connectivity index (χ0n) is 33.7. The number of fused-ring (bicyclic) bond motifs is 4. The highest BCUT2D eigenvalue weighted by Crippen LogP contribution is 2.45. The minimum absolute atomic E-state index is 0.116. The molecule has 4 fully saturated rings. The maximum Gasteiger partial charge on any atom is 0.263 e. The van der Waals surface area contributed by atoms with Crippen molar-refractivity contribution in [2.75, 3.05) is 66.9 Å². The van der Waals surface area contributed by atoms with Crippen LogP contribution >= 0.6 is 0 Å². The van der Waals surface area contributed by atoms with Gasteiger partial charge in [0.2, 0.25) is 11.8 Å². The van der Waals surface area contributed by atoms with Gasteiger partial charge < -0.3 is 28.9 Å².